The standard InChI is InChI=1S/C19H17F3N2OS/c1-18(2,3)15-11-26-17(24-15)12-4-7-14(8-5-12)25-16-9-6-13(10-23-16)19(20,21)22/h4-11H,1-3H3. The third-order valence-electron chi connectivity index (χ3n) is 3.66. The molecule has 7 heteroatoms. The van der Waals surface area contributed by atoms with Gasteiger partial charge in [-0.2, -0.15) is 13.2 Å². The lowest BCUT2D eigenvalue weighted by Crippen LogP contribution is -2.11. The van der Waals surface area contributed by atoms with Crippen LogP contribution >= 0.6 is 11.3 Å². The van der Waals surface area contributed by atoms with Crippen molar-refractivity contribution in [2.75, 3.05) is 0 Å². The fraction of sp³-hybridized carbons (Fsp3) is 0.263. The summed E-state index contributed by atoms with van der Waals surface area (Å²) in [5.74, 6) is 0.601. The summed E-state index contributed by atoms with van der Waals surface area (Å²) in [5.41, 5.74) is 1.18. The molecule has 3 rings (SSSR count). The van der Waals surface area contributed by atoms with Gasteiger partial charge in [-0.3, -0.25) is 0 Å². The molecule has 0 N–H and O–H groups in total. The zero-order valence-electron chi connectivity index (χ0n) is 14.5. The highest BCUT2D eigenvalue weighted by molar-refractivity contribution is 7.13. The van der Waals surface area contributed by atoms with E-state index in [0.717, 1.165) is 28.5 Å². The molecular formula is C19H17F3N2OS. The third kappa shape index (κ3) is 4.22. The first kappa shape index (κ1) is 18.4. The number of hydrogen-bond acceptors (Lipinski definition) is 4. The molecule has 0 unspecified atom stereocenters. The predicted octanol–water partition coefficient (Wildman–Crippen LogP) is 6.31. The van der Waals surface area contributed by atoms with Gasteiger partial charge in [-0.15, -0.1) is 11.3 Å². The van der Waals surface area contributed by atoms with Gasteiger partial charge in [0.05, 0.1) is 11.3 Å². The Morgan fingerprint density at radius 3 is 2.15 bits per heavy atom. The highest BCUT2D eigenvalue weighted by Gasteiger charge is 2.30. The first-order chi connectivity index (χ1) is 12.1. The monoisotopic (exact) mass is 378 g/mol. The normalized spacial score (nSPS) is 12.2. The van der Waals surface area contributed by atoms with Crippen LogP contribution in [0.15, 0.2) is 48.0 Å². The fourth-order valence-electron chi connectivity index (χ4n) is 2.15. The molecule has 0 fully saturated rings. The largest absolute Gasteiger partial charge is 0.439 e. The van der Waals surface area contributed by atoms with Crippen molar-refractivity contribution < 1.29 is 17.9 Å². The minimum Gasteiger partial charge on any atom is -0.439 e. The minimum atomic E-state index is -4.41. The Kier molecular flexibility index (Phi) is 4.75. The van der Waals surface area contributed by atoms with Gasteiger partial charge in [0.15, 0.2) is 0 Å². The van der Waals surface area contributed by atoms with Crippen LogP contribution in [0.5, 0.6) is 11.6 Å². The number of aromatic nitrogens is 2. The zero-order valence-corrected chi connectivity index (χ0v) is 15.3. The molecule has 0 amide bonds. The quantitative estimate of drug-likeness (QED) is 0.535. The minimum absolute atomic E-state index is 0.00789. The number of pyridine rings is 1. The Balaban J connectivity index is 1.73. The fourth-order valence-corrected chi connectivity index (χ4v) is 3.20. The number of nitrogens with zero attached hydrogens (tertiary/aromatic N) is 2. The molecule has 3 nitrogen and oxygen atoms in total. The maximum absolute atomic E-state index is 12.5. The summed E-state index contributed by atoms with van der Waals surface area (Å²) < 4.78 is 43.1. The van der Waals surface area contributed by atoms with E-state index in [2.05, 4.69) is 30.7 Å². The van der Waals surface area contributed by atoms with Gasteiger partial charge in [0.2, 0.25) is 5.88 Å². The summed E-state index contributed by atoms with van der Waals surface area (Å²) in [6.45, 7) is 6.33. The van der Waals surface area contributed by atoms with E-state index in [0.29, 0.717) is 5.75 Å². The highest BCUT2D eigenvalue weighted by atomic mass is 32.1. The second-order valence-electron chi connectivity index (χ2n) is 6.80. The summed E-state index contributed by atoms with van der Waals surface area (Å²) in [6, 6.07) is 9.36. The van der Waals surface area contributed by atoms with Gasteiger partial charge < -0.3 is 4.74 Å². The molecule has 1 aromatic carbocycles. The van der Waals surface area contributed by atoms with Crippen molar-refractivity contribution in [1.29, 1.82) is 0 Å². The molecule has 3 aromatic rings. The van der Waals surface area contributed by atoms with Gasteiger partial charge in [0.25, 0.3) is 0 Å². The topological polar surface area (TPSA) is 35.0 Å². The molecule has 0 atom stereocenters. The lowest BCUT2D eigenvalue weighted by Gasteiger charge is -2.14. The summed E-state index contributed by atoms with van der Waals surface area (Å²) >= 11 is 1.57. The maximum Gasteiger partial charge on any atom is 0.417 e. The molecule has 0 aliphatic carbocycles. The van der Waals surface area contributed by atoms with E-state index >= 15 is 0 Å². The molecule has 136 valence electrons. The van der Waals surface area contributed by atoms with Crippen molar-refractivity contribution in [2.45, 2.75) is 32.4 Å². The highest BCUT2D eigenvalue weighted by Crippen LogP contribution is 2.32. The third-order valence-corrected chi connectivity index (χ3v) is 4.55. The van der Waals surface area contributed by atoms with E-state index in [9.17, 15) is 13.2 Å². The Labute approximate surface area is 153 Å². The Morgan fingerprint density at radius 2 is 1.65 bits per heavy atom. The van der Waals surface area contributed by atoms with Crippen molar-refractivity contribution in [1.82, 2.24) is 9.97 Å². The van der Waals surface area contributed by atoms with Crippen LogP contribution < -0.4 is 4.74 Å². The van der Waals surface area contributed by atoms with E-state index in [4.69, 9.17) is 4.74 Å². The first-order valence-electron chi connectivity index (χ1n) is 7.90. The number of ether oxygens (including phenoxy) is 1. The molecule has 2 heterocycles. The van der Waals surface area contributed by atoms with Gasteiger partial charge in [0, 0.05) is 28.6 Å². The van der Waals surface area contributed by atoms with E-state index in [1.54, 1.807) is 23.5 Å². The average Bonchev–Trinajstić information content (AvgIpc) is 3.05. The molecule has 0 bridgehead atoms. The number of benzene rings is 1. The van der Waals surface area contributed by atoms with Crippen LogP contribution in [-0.2, 0) is 11.6 Å². The van der Waals surface area contributed by atoms with Crippen molar-refractivity contribution in [3.05, 3.63) is 59.2 Å². The lowest BCUT2D eigenvalue weighted by atomic mass is 9.93. The first-order valence-corrected chi connectivity index (χ1v) is 8.78. The molecule has 26 heavy (non-hydrogen) atoms. The van der Waals surface area contributed by atoms with Crippen LogP contribution in [0, 0.1) is 0 Å². The molecule has 2 aromatic heterocycles. The number of halogens is 3. The van der Waals surface area contributed by atoms with Crippen LogP contribution in [0.2, 0.25) is 0 Å². The van der Waals surface area contributed by atoms with Crippen LogP contribution in [0.4, 0.5) is 13.2 Å². The number of rotatable bonds is 3. The van der Waals surface area contributed by atoms with Crippen LogP contribution in [0.1, 0.15) is 32.0 Å². The second kappa shape index (κ2) is 6.72. The molecule has 0 saturated heterocycles. The Morgan fingerprint density at radius 1 is 0.962 bits per heavy atom. The second-order valence-corrected chi connectivity index (χ2v) is 7.66. The number of alkyl halides is 3. The van der Waals surface area contributed by atoms with E-state index < -0.39 is 11.7 Å². The lowest BCUT2D eigenvalue weighted by molar-refractivity contribution is -0.137. The van der Waals surface area contributed by atoms with Gasteiger partial charge >= 0.3 is 6.18 Å². The average molecular weight is 378 g/mol. The molecule has 0 aliphatic heterocycles. The number of hydrogen-bond donors (Lipinski definition) is 0. The van der Waals surface area contributed by atoms with Gasteiger partial charge in [0.1, 0.15) is 10.8 Å². The molecule has 0 radical (unpaired) electrons. The summed E-state index contributed by atoms with van der Waals surface area (Å²) in [5, 5.41) is 2.96. The van der Waals surface area contributed by atoms with E-state index in [1.807, 2.05) is 17.5 Å². The van der Waals surface area contributed by atoms with E-state index in [1.165, 1.54) is 6.07 Å². The van der Waals surface area contributed by atoms with Gasteiger partial charge in [-0.1, -0.05) is 20.8 Å². The SMILES string of the molecule is CC(C)(C)c1csc(-c2ccc(Oc3ccc(C(F)(F)F)cn3)cc2)n1. The maximum atomic E-state index is 12.5. The number of thiazole rings is 1. The van der Waals surface area contributed by atoms with Crippen molar-refractivity contribution >= 4 is 11.3 Å². The van der Waals surface area contributed by atoms with Crippen molar-refractivity contribution in [3.63, 3.8) is 0 Å². The summed E-state index contributed by atoms with van der Waals surface area (Å²) in [7, 11) is 0. The van der Waals surface area contributed by atoms with Crippen LogP contribution in [0.25, 0.3) is 10.6 Å². The summed E-state index contributed by atoms with van der Waals surface area (Å²) in [4.78, 5) is 8.36. The Hall–Kier alpha value is -2.41. The van der Waals surface area contributed by atoms with Gasteiger partial charge in [-0.05, 0) is 30.3 Å². The van der Waals surface area contributed by atoms with Crippen LogP contribution in [0.3, 0.4) is 0 Å². The van der Waals surface area contributed by atoms with Crippen molar-refractivity contribution in [2.24, 2.45) is 0 Å². The van der Waals surface area contributed by atoms with Crippen LogP contribution in [-0.4, -0.2) is 9.97 Å². The van der Waals surface area contributed by atoms with Gasteiger partial charge in [-0.25, -0.2) is 9.97 Å². The predicted molar refractivity (Wildman–Crippen MR) is 95.6 cm³/mol. The molecule has 0 spiro atoms. The molecule has 0 saturated carbocycles. The smallest absolute Gasteiger partial charge is 0.417 e. The molecule has 0 aliphatic rings. The Bertz CT molecular complexity index is 879. The van der Waals surface area contributed by atoms with Crippen molar-refractivity contribution in [3.8, 4) is 22.2 Å². The molecular weight excluding hydrogens is 361 g/mol. The zero-order chi connectivity index (χ0) is 18.9. The van der Waals surface area contributed by atoms with E-state index in [-0.39, 0.29) is 11.3 Å². The summed E-state index contributed by atoms with van der Waals surface area (Å²) in [6.07, 6.45) is -3.65.